The van der Waals surface area contributed by atoms with Gasteiger partial charge in [-0.3, -0.25) is 4.79 Å². The van der Waals surface area contributed by atoms with Gasteiger partial charge in [0.15, 0.2) is 0 Å². The van der Waals surface area contributed by atoms with Crippen LogP contribution in [-0.2, 0) is 4.79 Å². The van der Waals surface area contributed by atoms with Crippen LogP contribution >= 0.6 is 0 Å². The minimum absolute atomic E-state index is 0.0531. The molecule has 0 saturated heterocycles. The molecule has 1 heteroatoms. The second-order valence-electron chi connectivity index (χ2n) is 5.71. The molecule has 82 valence electrons. The van der Waals surface area contributed by atoms with Gasteiger partial charge < -0.3 is 0 Å². The first-order valence-corrected chi connectivity index (χ1v) is 6.45. The van der Waals surface area contributed by atoms with Gasteiger partial charge in [-0.15, -0.1) is 6.58 Å². The molecule has 0 unspecified atom stereocenters. The lowest BCUT2D eigenvalue weighted by atomic mass is 9.74. The lowest BCUT2D eigenvalue weighted by molar-refractivity contribution is -0.129. The summed E-state index contributed by atoms with van der Waals surface area (Å²) in [7, 11) is 0. The monoisotopic (exact) mass is 204 g/mol. The minimum Gasteiger partial charge on any atom is -0.299 e. The summed E-state index contributed by atoms with van der Waals surface area (Å²) in [6.45, 7) is 3.86. The largest absolute Gasteiger partial charge is 0.299 e. The van der Waals surface area contributed by atoms with Gasteiger partial charge in [-0.25, -0.2) is 0 Å². The van der Waals surface area contributed by atoms with Gasteiger partial charge in [0, 0.05) is 11.3 Å². The van der Waals surface area contributed by atoms with Crippen molar-refractivity contribution < 1.29 is 4.79 Å². The molecule has 0 bridgehead atoms. The molecule has 0 aliphatic heterocycles. The maximum Gasteiger partial charge on any atom is 0.142 e. The van der Waals surface area contributed by atoms with Crippen molar-refractivity contribution in [2.24, 2.45) is 23.2 Å². The summed E-state index contributed by atoms with van der Waals surface area (Å²) in [4.78, 5) is 12.5. The highest BCUT2D eigenvalue weighted by atomic mass is 16.1. The Bertz CT molecular complexity index is 306. The standard InChI is InChI=1S/C14H20O/c1-2-8-14-9-4-7-12(14)10-5-3-6-11(10)13(14)15/h2,10-12H,1,3-9H2/t10-,11+,12+,14+/m0/s1. The highest BCUT2D eigenvalue weighted by Crippen LogP contribution is 2.62. The molecule has 0 radical (unpaired) electrons. The van der Waals surface area contributed by atoms with Crippen molar-refractivity contribution in [1.29, 1.82) is 0 Å². The molecular weight excluding hydrogens is 184 g/mol. The van der Waals surface area contributed by atoms with Gasteiger partial charge in [-0.2, -0.15) is 0 Å². The van der Waals surface area contributed by atoms with E-state index in [1.54, 1.807) is 0 Å². The van der Waals surface area contributed by atoms with E-state index in [0.29, 0.717) is 11.7 Å². The van der Waals surface area contributed by atoms with Crippen LogP contribution in [0.1, 0.15) is 44.9 Å². The normalized spacial score (nSPS) is 48.0. The molecule has 3 aliphatic rings. The van der Waals surface area contributed by atoms with E-state index in [1.807, 2.05) is 6.08 Å². The lowest BCUT2D eigenvalue weighted by Crippen LogP contribution is -2.30. The third-order valence-corrected chi connectivity index (χ3v) is 5.27. The predicted octanol–water partition coefficient (Wildman–Crippen LogP) is 3.35. The highest BCUT2D eigenvalue weighted by molar-refractivity contribution is 5.91. The number of ketones is 1. The first kappa shape index (κ1) is 9.62. The fourth-order valence-electron chi connectivity index (χ4n) is 4.81. The fourth-order valence-corrected chi connectivity index (χ4v) is 4.81. The van der Waals surface area contributed by atoms with Crippen molar-refractivity contribution in [3.8, 4) is 0 Å². The molecule has 0 aromatic carbocycles. The average Bonchev–Trinajstić information content (AvgIpc) is 2.84. The molecule has 1 nitrogen and oxygen atoms in total. The van der Waals surface area contributed by atoms with Gasteiger partial charge >= 0.3 is 0 Å². The van der Waals surface area contributed by atoms with Gasteiger partial charge in [-0.05, 0) is 43.9 Å². The molecule has 0 aromatic rings. The quantitative estimate of drug-likeness (QED) is 0.630. The van der Waals surface area contributed by atoms with Crippen LogP contribution in [0.3, 0.4) is 0 Å². The van der Waals surface area contributed by atoms with E-state index in [1.165, 1.54) is 32.1 Å². The van der Waals surface area contributed by atoms with Gasteiger partial charge in [0.25, 0.3) is 0 Å². The van der Waals surface area contributed by atoms with Crippen LogP contribution in [-0.4, -0.2) is 5.78 Å². The zero-order valence-corrected chi connectivity index (χ0v) is 9.37. The fraction of sp³-hybridized carbons (Fsp3) is 0.786. The number of carbonyl (C=O) groups is 1. The minimum atomic E-state index is 0.0531. The number of carbonyl (C=O) groups excluding carboxylic acids is 1. The van der Waals surface area contributed by atoms with Crippen LogP contribution in [0.2, 0.25) is 0 Å². The van der Waals surface area contributed by atoms with E-state index >= 15 is 0 Å². The summed E-state index contributed by atoms with van der Waals surface area (Å²) in [5.74, 6) is 2.53. The summed E-state index contributed by atoms with van der Waals surface area (Å²) in [6.07, 6.45) is 10.4. The van der Waals surface area contributed by atoms with Gasteiger partial charge in [-0.1, -0.05) is 18.9 Å². The summed E-state index contributed by atoms with van der Waals surface area (Å²) in [5, 5.41) is 0. The summed E-state index contributed by atoms with van der Waals surface area (Å²) in [5.41, 5.74) is 0.0531. The van der Waals surface area contributed by atoms with Crippen LogP contribution in [0.25, 0.3) is 0 Å². The van der Waals surface area contributed by atoms with E-state index in [2.05, 4.69) is 6.58 Å². The Morgan fingerprint density at radius 1 is 1.33 bits per heavy atom. The van der Waals surface area contributed by atoms with Crippen molar-refractivity contribution in [2.45, 2.75) is 44.9 Å². The smallest absolute Gasteiger partial charge is 0.142 e. The number of rotatable bonds is 2. The third-order valence-electron chi connectivity index (χ3n) is 5.27. The van der Waals surface area contributed by atoms with Crippen LogP contribution < -0.4 is 0 Å². The Kier molecular flexibility index (Phi) is 2.05. The number of allylic oxidation sites excluding steroid dienone is 1. The molecule has 0 N–H and O–H groups in total. The number of fused-ring (bicyclic) bond motifs is 3. The molecule has 4 atom stereocenters. The SMILES string of the molecule is C=CC[C@@]12CCC[C@@H]1[C@H]1CCC[C@H]1C2=O. The van der Waals surface area contributed by atoms with Crippen LogP contribution in [0, 0.1) is 23.2 Å². The Balaban J connectivity index is 1.98. The predicted molar refractivity (Wildman–Crippen MR) is 60.4 cm³/mol. The number of hydrogen-bond donors (Lipinski definition) is 0. The van der Waals surface area contributed by atoms with Crippen molar-refractivity contribution in [3.05, 3.63) is 12.7 Å². The molecule has 0 spiro atoms. The first-order valence-electron chi connectivity index (χ1n) is 6.45. The highest BCUT2D eigenvalue weighted by Gasteiger charge is 2.61. The summed E-state index contributed by atoms with van der Waals surface area (Å²) in [6, 6.07) is 0. The molecule has 3 fully saturated rings. The van der Waals surface area contributed by atoms with Gasteiger partial charge in [0.1, 0.15) is 5.78 Å². The van der Waals surface area contributed by atoms with E-state index in [-0.39, 0.29) is 5.41 Å². The van der Waals surface area contributed by atoms with E-state index in [9.17, 15) is 4.79 Å². The summed E-state index contributed by atoms with van der Waals surface area (Å²) >= 11 is 0. The van der Waals surface area contributed by atoms with E-state index < -0.39 is 0 Å². The van der Waals surface area contributed by atoms with Crippen LogP contribution in [0.5, 0.6) is 0 Å². The lowest BCUT2D eigenvalue weighted by Gasteiger charge is -2.28. The van der Waals surface area contributed by atoms with E-state index in [4.69, 9.17) is 0 Å². The Morgan fingerprint density at radius 2 is 2.20 bits per heavy atom. The van der Waals surface area contributed by atoms with Crippen LogP contribution in [0.4, 0.5) is 0 Å². The third kappa shape index (κ3) is 1.07. The summed E-state index contributed by atoms with van der Waals surface area (Å²) < 4.78 is 0. The molecular formula is C14H20O. The molecule has 15 heavy (non-hydrogen) atoms. The second-order valence-corrected chi connectivity index (χ2v) is 5.71. The Hall–Kier alpha value is -0.590. The zero-order chi connectivity index (χ0) is 10.5. The van der Waals surface area contributed by atoms with E-state index in [0.717, 1.165) is 24.7 Å². The molecule has 0 amide bonds. The average molecular weight is 204 g/mol. The topological polar surface area (TPSA) is 17.1 Å². The Labute approximate surface area is 91.9 Å². The van der Waals surface area contributed by atoms with Crippen molar-refractivity contribution in [1.82, 2.24) is 0 Å². The first-order chi connectivity index (χ1) is 7.29. The second kappa shape index (κ2) is 3.20. The molecule has 0 aromatic heterocycles. The molecule has 0 heterocycles. The van der Waals surface area contributed by atoms with Crippen molar-refractivity contribution in [2.75, 3.05) is 0 Å². The number of Topliss-reactive ketones (excluding diaryl/α,β-unsaturated/α-hetero) is 1. The Morgan fingerprint density at radius 3 is 3.00 bits per heavy atom. The maximum atomic E-state index is 12.5. The van der Waals surface area contributed by atoms with Crippen molar-refractivity contribution in [3.63, 3.8) is 0 Å². The van der Waals surface area contributed by atoms with Gasteiger partial charge in [0.2, 0.25) is 0 Å². The maximum absolute atomic E-state index is 12.5. The van der Waals surface area contributed by atoms with Crippen molar-refractivity contribution >= 4 is 5.78 Å². The van der Waals surface area contributed by atoms with Crippen LogP contribution in [0.15, 0.2) is 12.7 Å². The number of hydrogen-bond acceptors (Lipinski definition) is 1. The molecule has 3 rings (SSSR count). The molecule has 3 saturated carbocycles. The van der Waals surface area contributed by atoms with Gasteiger partial charge in [0.05, 0.1) is 0 Å². The molecule has 3 aliphatic carbocycles. The zero-order valence-electron chi connectivity index (χ0n) is 9.37.